The third-order valence-corrected chi connectivity index (χ3v) is 5.73. The van der Waals surface area contributed by atoms with E-state index in [4.69, 9.17) is 4.42 Å². The number of piperazine rings is 1. The smallest absolute Gasteiger partial charge is 0.277 e. The number of unbranched alkanes of at least 4 members (excludes halogenated alkanes) is 1. The predicted molar refractivity (Wildman–Crippen MR) is 118 cm³/mol. The number of aryl methyl sites for hydroxylation is 2. The largest absolute Gasteiger partial charge is 0.447 e. The molecule has 7 heteroatoms. The fourth-order valence-electron chi connectivity index (χ4n) is 3.65. The van der Waals surface area contributed by atoms with Crippen LogP contribution in [0.25, 0.3) is 0 Å². The van der Waals surface area contributed by atoms with Gasteiger partial charge < -0.3 is 14.8 Å². The summed E-state index contributed by atoms with van der Waals surface area (Å²) < 4.78 is 5.54. The average Bonchev–Trinajstić information content (AvgIpc) is 3.19. The minimum absolute atomic E-state index is 0.235. The normalized spacial score (nSPS) is 16.5. The Morgan fingerprint density at radius 1 is 1.20 bits per heavy atom. The highest BCUT2D eigenvalue weighted by Crippen LogP contribution is 2.16. The first-order valence-corrected chi connectivity index (χ1v) is 10.9. The van der Waals surface area contributed by atoms with E-state index in [1.54, 1.807) is 0 Å². The Bertz CT molecular complexity index is 828. The zero-order valence-electron chi connectivity index (χ0n) is 18.4. The lowest BCUT2D eigenvalue weighted by molar-refractivity contribution is 0.0627. The second-order valence-electron chi connectivity index (χ2n) is 8.25. The maximum Gasteiger partial charge on any atom is 0.277 e. The Labute approximate surface area is 179 Å². The van der Waals surface area contributed by atoms with Gasteiger partial charge in [-0.15, -0.1) is 0 Å². The van der Waals surface area contributed by atoms with Gasteiger partial charge in [0.25, 0.3) is 5.91 Å². The minimum atomic E-state index is -0.265. The number of benzene rings is 1. The predicted octanol–water partition coefficient (Wildman–Crippen LogP) is 3.21. The van der Waals surface area contributed by atoms with E-state index in [0.717, 1.165) is 63.2 Å². The molecule has 2 aromatic rings. The second-order valence-corrected chi connectivity index (χ2v) is 8.25. The molecule has 0 saturated carbocycles. The summed E-state index contributed by atoms with van der Waals surface area (Å²) in [5.74, 6) is 0.288. The van der Waals surface area contributed by atoms with Gasteiger partial charge in [0.05, 0.1) is 12.6 Å². The lowest BCUT2D eigenvalue weighted by atomic mass is 10.1. The maximum absolute atomic E-state index is 12.5. The van der Waals surface area contributed by atoms with Crippen molar-refractivity contribution in [1.29, 1.82) is 0 Å². The number of β-amino-alcohol motifs (C(OH)–C–C–N with tert-alkyl or cyclic N) is 1. The summed E-state index contributed by atoms with van der Waals surface area (Å²) in [5, 5.41) is 13.0. The summed E-state index contributed by atoms with van der Waals surface area (Å²) in [6.45, 7) is 11.2. The van der Waals surface area contributed by atoms with E-state index in [-0.39, 0.29) is 12.0 Å². The standard InChI is InChI=1S/C23H34N4O3/c1-4-5-6-20(28)14-26-9-11-27(12-10-26)15-22-25-21(16-30-22)23(29)24-19-8-7-17(2)18(3)13-19/h7-8,13,16,20,28H,4-6,9-12,14-15H2,1-3H3,(H,24,29). The van der Waals surface area contributed by atoms with Gasteiger partial charge >= 0.3 is 0 Å². The summed E-state index contributed by atoms with van der Waals surface area (Å²) in [6, 6.07) is 5.83. The van der Waals surface area contributed by atoms with Gasteiger partial charge in [0, 0.05) is 38.4 Å². The Kier molecular flexibility index (Phi) is 8.01. The molecule has 0 radical (unpaired) electrons. The summed E-state index contributed by atoms with van der Waals surface area (Å²) in [4.78, 5) is 21.4. The third kappa shape index (κ3) is 6.39. The molecule has 1 atom stereocenters. The monoisotopic (exact) mass is 414 g/mol. The van der Waals surface area contributed by atoms with Gasteiger partial charge in [-0.2, -0.15) is 0 Å². The van der Waals surface area contributed by atoms with E-state index in [0.29, 0.717) is 18.1 Å². The van der Waals surface area contributed by atoms with Crippen molar-refractivity contribution >= 4 is 11.6 Å². The van der Waals surface area contributed by atoms with Crippen LogP contribution < -0.4 is 5.32 Å². The molecule has 2 heterocycles. The molecule has 1 unspecified atom stereocenters. The second kappa shape index (κ2) is 10.7. The molecule has 7 nitrogen and oxygen atoms in total. The number of carbonyl (C=O) groups is 1. The van der Waals surface area contributed by atoms with Gasteiger partial charge in [0.15, 0.2) is 5.69 Å². The third-order valence-electron chi connectivity index (χ3n) is 5.73. The Hall–Kier alpha value is -2.22. The first-order valence-electron chi connectivity index (χ1n) is 10.9. The summed E-state index contributed by atoms with van der Waals surface area (Å²) >= 11 is 0. The average molecular weight is 415 g/mol. The fraction of sp³-hybridized carbons (Fsp3) is 0.565. The van der Waals surface area contributed by atoms with Crippen LogP contribution in [0.4, 0.5) is 5.69 Å². The molecule has 0 aliphatic carbocycles. The number of aromatic nitrogens is 1. The van der Waals surface area contributed by atoms with E-state index in [2.05, 4.69) is 27.0 Å². The number of oxazole rings is 1. The molecule has 1 amide bonds. The number of hydrogen-bond donors (Lipinski definition) is 2. The van der Waals surface area contributed by atoms with Gasteiger partial charge in [-0.3, -0.25) is 14.6 Å². The molecular weight excluding hydrogens is 380 g/mol. The van der Waals surface area contributed by atoms with Crippen LogP contribution in [-0.2, 0) is 6.54 Å². The van der Waals surface area contributed by atoms with Crippen molar-refractivity contribution < 1.29 is 14.3 Å². The number of amides is 1. The quantitative estimate of drug-likeness (QED) is 0.656. The Morgan fingerprint density at radius 3 is 2.63 bits per heavy atom. The molecule has 164 valence electrons. The van der Waals surface area contributed by atoms with Crippen molar-refractivity contribution in [3.63, 3.8) is 0 Å². The number of aliphatic hydroxyl groups excluding tert-OH is 1. The summed E-state index contributed by atoms with van der Waals surface area (Å²) in [6.07, 6.45) is 4.25. The number of nitrogens with zero attached hydrogens (tertiary/aromatic N) is 3. The highest BCUT2D eigenvalue weighted by molar-refractivity contribution is 6.02. The van der Waals surface area contributed by atoms with E-state index in [1.807, 2.05) is 32.0 Å². The molecule has 3 rings (SSSR count). The van der Waals surface area contributed by atoms with Crippen LogP contribution >= 0.6 is 0 Å². The van der Waals surface area contributed by atoms with Gasteiger partial charge in [-0.1, -0.05) is 25.8 Å². The van der Waals surface area contributed by atoms with Crippen LogP contribution in [-0.4, -0.2) is 64.6 Å². The molecule has 1 saturated heterocycles. The van der Waals surface area contributed by atoms with E-state index < -0.39 is 0 Å². The van der Waals surface area contributed by atoms with Gasteiger partial charge in [-0.25, -0.2) is 4.98 Å². The lowest BCUT2D eigenvalue weighted by Gasteiger charge is -2.35. The molecule has 30 heavy (non-hydrogen) atoms. The van der Waals surface area contributed by atoms with Crippen LogP contribution in [0, 0.1) is 13.8 Å². The van der Waals surface area contributed by atoms with Crippen molar-refractivity contribution in [2.24, 2.45) is 0 Å². The lowest BCUT2D eigenvalue weighted by Crippen LogP contribution is -2.48. The van der Waals surface area contributed by atoms with Crippen LogP contribution in [0.3, 0.4) is 0 Å². The molecule has 0 bridgehead atoms. The van der Waals surface area contributed by atoms with Gasteiger partial charge in [0.2, 0.25) is 5.89 Å². The van der Waals surface area contributed by atoms with Gasteiger partial charge in [-0.05, 0) is 43.5 Å². The zero-order chi connectivity index (χ0) is 21.5. The number of aliphatic hydroxyl groups is 1. The molecule has 1 aliphatic heterocycles. The van der Waals surface area contributed by atoms with Crippen molar-refractivity contribution in [3.05, 3.63) is 47.2 Å². The number of rotatable bonds is 9. The highest BCUT2D eigenvalue weighted by atomic mass is 16.3. The Balaban J connectivity index is 1.45. The van der Waals surface area contributed by atoms with Crippen molar-refractivity contribution in [2.45, 2.75) is 52.7 Å². The zero-order valence-corrected chi connectivity index (χ0v) is 18.4. The topological polar surface area (TPSA) is 81.8 Å². The minimum Gasteiger partial charge on any atom is -0.447 e. The summed E-state index contributed by atoms with van der Waals surface area (Å²) in [5.41, 5.74) is 3.36. The van der Waals surface area contributed by atoms with Crippen molar-refractivity contribution in [1.82, 2.24) is 14.8 Å². The SMILES string of the molecule is CCCCC(O)CN1CCN(Cc2nc(C(=O)Nc3ccc(C)c(C)c3)co2)CC1. The highest BCUT2D eigenvalue weighted by Gasteiger charge is 2.21. The number of anilines is 1. The molecule has 1 fully saturated rings. The van der Waals surface area contributed by atoms with Crippen LogP contribution in [0.1, 0.15) is 53.7 Å². The van der Waals surface area contributed by atoms with Crippen molar-refractivity contribution in [2.75, 3.05) is 38.0 Å². The fourth-order valence-corrected chi connectivity index (χ4v) is 3.65. The molecule has 2 N–H and O–H groups in total. The molecule has 0 spiro atoms. The Morgan fingerprint density at radius 2 is 1.93 bits per heavy atom. The number of nitrogens with one attached hydrogen (secondary N) is 1. The summed E-state index contributed by atoms with van der Waals surface area (Å²) in [7, 11) is 0. The van der Waals surface area contributed by atoms with Crippen molar-refractivity contribution in [3.8, 4) is 0 Å². The van der Waals surface area contributed by atoms with Crippen LogP contribution in [0.2, 0.25) is 0 Å². The van der Waals surface area contributed by atoms with E-state index in [1.165, 1.54) is 11.8 Å². The molecule has 1 aromatic heterocycles. The molecule has 1 aromatic carbocycles. The van der Waals surface area contributed by atoms with Crippen LogP contribution in [0.5, 0.6) is 0 Å². The number of hydrogen-bond acceptors (Lipinski definition) is 6. The van der Waals surface area contributed by atoms with E-state index in [9.17, 15) is 9.90 Å². The first-order chi connectivity index (χ1) is 14.4. The molecular formula is C23H34N4O3. The van der Waals surface area contributed by atoms with E-state index >= 15 is 0 Å². The van der Waals surface area contributed by atoms with Gasteiger partial charge in [0.1, 0.15) is 6.26 Å². The molecule has 1 aliphatic rings. The number of carbonyl (C=O) groups excluding carboxylic acids is 1. The maximum atomic E-state index is 12.5. The first kappa shape index (κ1) is 22.5. The van der Waals surface area contributed by atoms with Crippen LogP contribution in [0.15, 0.2) is 28.9 Å².